The first-order valence-corrected chi connectivity index (χ1v) is 12.8. The van der Waals surface area contributed by atoms with Crippen LogP contribution >= 0.6 is 0 Å². The smallest absolute Gasteiger partial charge is 0.380 e. The van der Waals surface area contributed by atoms with Crippen LogP contribution in [0, 0.1) is 0 Å². The Kier molecular flexibility index (Phi) is 11.3. The fourth-order valence-corrected chi connectivity index (χ4v) is 4.16. The van der Waals surface area contributed by atoms with E-state index in [9.17, 15) is 23.4 Å². The van der Waals surface area contributed by atoms with Crippen molar-refractivity contribution in [3.63, 3.8) is 0 Å². The molecule has 0 fully saturated rings. The molecule has 0 unspecified atom stereocenters. The average molecular weight is 527 g/mol. The first-order chi connectivity index (χ1) is 17.8. The molecule has 0 amide bonds. The molecule has 0 aromatic carbocycles. The van der Waals surface area contributed by atoms with Crippen LogP contribution in [0.1, 0.15) is 49.4 Å². The van der Waals surface area contributed by atoms with Crippen molar-refractivity contribution >= 4 is 11.8 Å². The van der Waals surface area contributed by atoms with E-state index in [1.54, 1.807) is 0 Å². The van der Waals surface area contributed by atoms with Crippen LogP contribution in [0.3, 0.4) is 0 Å². The molecular formula is C25H37F3N6O3. The third-order valence-corrected chi connectivity index (χ3v) is 6.27. The van der Waals surface area contributed by atoms with Crippen LogP contribution in [0.5, 0.6) is 0 Å². The van der Waals surface area contributed by atoms with E-state index in [2.05, 4.69) is 37.6 Å². The van der Waals surface area contributed by atoms with Crippen molar-refractivity contribution in [3.05, 3.63) is 41.3 Å². The number of anilines is 2. The molecule has 0 spiro atoms. The topological polar surface area (TPSA) is 116 Å². The second-order valence-corrected chi connectivity index (χ2v) is 9.08. The van der Waals surface area contributed by atoms with Gasteiger partial charge in [0.15, 0.2) is 6.29 Å². The van der Waals surface area contributed by atoms with Crippen LogP contribution in [0.25, 0.3) is 0 Å². The molecular weight excluding hydrogens is 489 g/mol. The van der Waals surface area contributed by atoms with E-state index in [4.69, 9.17) is 9.72 Å². The quantitative estimate of drug-likeness (QED) is 0.205. The lowest BCUT2D eigenvalue weighted by atomic mass is 10.1. The van der Waals surface area contributed by atoms with Crippen LogP contribution in [-0.2, 0) is 23.8 Å². The molecule has 0 radical (unpaired) electrons. The molecule has 1 aliphatic heterocycles. The molecule has 4 N–H and O–H groups in total. The number of hydrogen-bond donors (Lipinski definition) is 4. The standard InChI is InChI=1S/C25H37F3N6O3/c1-2-37-15-14-34(12-4-3-7-20-9-8-18-6-5-11-29-22(18)32-20)13-10-21(23(35)36)33-24-30-16-19(17-31-24)25(26,27)28/h8-9,16-17,21,23,35-36H,2-7,10-15H2,1H3,(H,29,32)(H,30,31,33)/t21-/m0/s1. The molecule has 206 valence electrons. The fourth-order valence-electron chi connectivity index (χ4n) is 4.16. The molecule has 37 heavy (non-hydrogen) atoms. The number of aryl methyl sites for hydroxylation is 2. The van der Waals surface area contributed by atoms with Gasteiger partial charge in [0.2, 0.25) is 5.95 Å². The van der Waals surface area contributed by atoms with Crippen LogP contribution in [0.2, 0.25) is 0 Å². The Morgan fingerprint density at radius 2 is 1.92 bits per heavy atom. The number of aromatic nitrogens is 3. The monoisotopic (exact) mass is 526 g/mol. The van der Waals surface area contributed by atoms with Crippen molar-refractivity contribution in [1.82, 2.24) is 19.9 Å². The van der Waals surface area contributed by atoms with Gasteiger partial charge in [-0.3, -0.25) is 0 Å². The third kappa shape index (κ3) is 9.69. The number of unbranched alkanes of at least 4 members (excludes halogenated alkanes) is 1. The van der Waals surface area contributed by atoms with Gasteiger partial charge in [-0.15, -0.1) is 0 Å². The third-order valence-electron chi connectivity index (χ3n) is 6.27. The highest BCUT2D eigenvalue weighted by Gasteiger charge is 2.31. The predicted octanol–water partition coefficient (Wildman–Crippen LogP) is 3.09. The number of aliphatic hydroxyl groups is 2. The molecule has 1 atom stereocenters. The highest BCUT2D eigenvalue weighted by molar-refractivity contribution is 5.47. The zero-order chi connectivity index (χ0) is 26.7. The normalized spacial score (nSPS) is 14.5. The van der Waals surface area contributed by atoms with Gasteiger partial charge < -0.3 is 30.5 Å². The van der Waals surface area contributed by atoms with Crippen LogP contribution in [0.4, 0.5) is 24.9 Å². The number of nitrogens with one attached hydrogen (secondary N) is 2. The lowest BCUT2D eigenvalue weighted by molar-refractivity contribution is -0.138. The van der Waals surface area contributed by atoms with E-state index < -0.39 is 24.1 Å². The van der Waals surface area contributed by atoms with Gasteiger partial charge in [0.25, 0.3) is 0 Å². The summed E-state index contributed by atoms with van der Waals surface area (Å²) < 4.78 is 43.7. The lowest BCUT2D eigenvalue weighted by Gasteiger charge is -2.26. The summed E-state index contributed by atoms with van der Waals surface area (Å²) in [7, 11) is 0. The van der Waals surface area contributed by atoms with Crippen molar-refractivity contribution in [1.29, 1.82) is 0 Å². The maximum atomic E-state index is 12.7. The van der Waals surface area contributed by atoms with Gasteiger partial charge in [-0.25, -0.2) is 15.0 Å². The number of pyridine rings is 1. The van der Waals surface area contributed by atoms with Gasteiger partial charge in [0, 0.05) is 44.3 Å². The maximum Gasteiger partial charge on any atom is 0.419 e. The van der Waals surface area contributed by atoms with Crippen LogP contribution in [0.15, 0.2) is 24.5 Å². The number of fused-ring (bicyclic) bond motifs is 1. The molecule has 0 saturated heterocycles. The Morgan fingerprint density at radius 1 is 1.14 bits per heavy atom. The molecule has 12 heteroatoms. The van der Waals surface area contributed by atoms with Gasteiger partial charge in [-0.1, -0.05) is 6.07 Å². The number of rotatable bonds is 15. The number of hydrogen-bond acceptors (Lipinski definition) is 9. The summed E-state index contributed by atoms with van der Waals surface area (Å²) in [5.74, 6) is 0.902. The Bertz CT molecular complexity index is 946. The molecule has 9 nitrogen and oxygen atoms in total. The van der Waals surface area contributed by atoms with Crippen molar-refractivity contribution in [2.75, 3.05) is 50.0 Å². The largest absolute Gasteiger partial charge is 0.419 e. The molecule has 2 aromatic heterocycles. The number of alkyl halides is 3. The Labute approximate surface area is 215 Å². The fraction of sp³-hybridized carbons (Fsp3) is 0.640. The minimum atomic E-state index is -4.54. The average Bonchev–Trinajstić information content (AvgIpc) is 2.88. The number of ether oxygens (including phenoxy) is 1. The second kappa shape index (κ2) is 14.4. The zero-order valence-electron chi connectivity index (χ0n) is 21.2. The van der Waals surface area contributed by atoms with Crippen molar-refractivity contribution in [2.45, 2.75) is 64.0 Å². The van der Waals surface area contributed by atoms with Crippen LogP contribution < -0.4 is 10.6 Å². The second-order valence-electron chi connectivity index (χ2n) is 9.08. The number of nitrogens with zero attached hydrogens (tertiary/aromatic N) is 4. The minimum absolute atomic E-state index is 0.0981. The van der Waals surface area contributed by atoms with E-state index in [1.807, 2.05) is 6.92 Å². The first kappa shape index (κ1) is 29.0. The van der Waals surface area contributed by atoms with E-state index in [1.165, 1.54) is 5.56 Å². The Balaban J connectivity index is 1.49. The van der Waals surface area contributed by atoms with Gasteiger partial charge in [0.1, 0.15) is 5.82 Å². The summed E-state index contributed by atoms with van der Waals surface area (Å²) in [5.41, 5.74) is 1.37. The Hall–Kier alpha value is -2.54. The predicted molar refractivity (Wildman–Crippen MR) is 134 cm³/mol. The molecule has 0 saturated carbocycles. The van der Waals surface area contributed by atoms with Gasteiger partial charge in [-0.05, 0) is 63.6 Å². The summed E-state index contributed by atoms with van der Waals surface area (Å²) in [4.78, 5) is 14.3. The maximum absolute atomic E-state index is 12.7. The number of aliphatic hydroxyl groups excluding tert-OH is 1. The molecule has 3 heterocycles. The van der Waals surface area contributed by atoms with Gasteiger partial charge in [0.05, 0.1) is 18.2 Å². The van der Waals surface area contributed by atoms with Gasteiger partial charge in [-0.2, -0.15) is 13.2 Å². The van der Waals surface area contributed by atoms with Crippen molar-refractivity contribution < 1.29 is 28.1 Å². The van der Waals surface area contributed by atoms with Crippen molar-refractivity contribution in [2.24, 2.45) is 0 Å². The molecule has 0 bridgehead atoms. The van der Waals surface area contributed by atoms with Gasteiger partial charge >= 0.3 is 6.18 Å². The minimum Gasteiger partial charge on any atom is -0.380 e. The summed E-state index contributed by atoms with van der Waals surface area (Å²) in [5, 5.41) is 25.7. The number of halogens is 3. The summed E-state index contributed by atoms with van der Waals surface area (Å²) in [6.07, 6.45) is 0.341. The van der Waals surface area contributed by atoms with E-state index in [0.717, 1.165) is 56.7 Å². The summed E-state index contributed by atoms with van der Waals surface area (Å²) >= 11 is 0. The van der Waals surface area contributed by atoms with E-state index in [0.29, 0.717) is 45.1 Å². The van der Waals surface area contributed by atoms with E-state index >= 15 is 0 Å². The zero-order valence-corrected chi connectivity index (χ0v) is 21.2. The highest BCUT2D eigenvalue weighted by atomic mass is 19.4. The molecule has 2 aromatic rings. The first-order valence-electron chi connectivity index (χ1n) is 12.8. The lowest BCUT2D eigenvalue weighted by Crippen LogP contribution is -2.39. The molecule has 1 aliphatic rings. The van der Waals surface area contributed by atoms with E-state index in [-0.39, 0.29) is 5.95 Å². The summed E-state index contributed by atoms with van der Waals surface area (Å²) in [6, 6.07) is 3.41. The van der Waals surface area contributed by atoms with Crippen LogP contribution in [-0.4, -0.2) is 81.8 Å². The Morgan fingerprint density at radius 3 is 2.62 bits per heavy atom. The SMILES string of the molecule is CCOCCN(CCCCc1ccc2c(n1)NCCC2)CC[C@H](Nc1ncc(C(F)(F)F)cn1)C(O)O. The molecule has 3 rings (SSSR count). The summed E-state index contributed by atoms with van der Waals surface area (Å²) in [6.45, 7) is 6.05. The van der Waals surface area contributed by atoms with Crippen molar-refractivity contribution in [3.8, 4) is 0 Å². The molecule has 0 aliphatic carbocycles. The highest BCUT2D eigenvalue weighted by Crippen LogP contribution is 2.28.